The molecule has 1 N–H and O–H groups in total. The van der Waals surface area contributed by atoms with Gasteiger partial charge in [-0.3, -0.25) is 4.79 Å². The molecule has 0 aliphatic heterocycles. The van der Waals surface area contributed by atoms with Gasteiger partial charge in [0.2, 0.25) is 6.41 Å². The lowest BCUT2D eigenvalue weighted by Gasteiger charge is -2.10. The van der Waals surface area contributed by atoms with Crippen molar-refractivity contribution in [2.75, 3.05) is 6.54 Å². The van der Waals surface area contributed by atoms with E-state index in [-0.39, 0.29) is 0 Å². The van der Waals surface area contributed by atoms with E-state index in [4.69, 9.17) is 0 Å². The van der Waals surface area contributed by atoms with Gasteiger partial charge in [0.25, 0.3) is 0 Å². The SMILES string of the molecule is Cc1cccc(Cc2ccccc2CCNC=O)c1. The van der Waals surface area contributed by atoms with Crippen molar-refractivity contribution < 1.29 is 4.79 Å². The second kappa shape index (κ2) is 6.74. The number of nitrogens with one attached hydrogen (secondary N) is 1. The largest absolute Gasteiger partial charge is 0.358 e. The van der Waals surface area contributed by atoms with E-state index in [1.807, 2.05) is 0 Å². The highest BCUT2D eigenvalue weighted by Gasteiger charge is 2.03. The van der Waals surface area contributed by atoms with E-state index in [0.29, 0.717) is 6.54 Å². The molecule has 0 aromatic heterocycles. The predicted octanol–water partition coefficient (Wildman–Crippen LogP) is 2.87. The van der Waals surface area contributed by atoms with E-state index in [9.17, 15) is 4.79 Å². The van der Waals surface area contributed by atoms with Crippen LogP contribution in [0.1, 0.15) is 22.3 Å². The Balaban J connectivity index is 2.13. The third-order valence-corrected chi connectivity index (χ3v) is 3.22. The van der Waals surface area contributed by atoms with Gasteiger partial charge in [0.1, 0.15) is 0 Å². The van der Waals surface area contributed by atoms with Crippen LogP contribution in [-0.4, -0.2) is 13.0 Å². The molecule has 0 unspecified atom stereocenters. The van der Waals surface area contributed by atoms with Gasteiger partial charge < -0.3 is 5.32 Å². The van der Waals surface area contributed by atoms with Gasteiger partial charge in [-0.1, -0.05) is 54.1 Å². The Morgan fingerprint density at radius 3 is 2.58 bits per heavy atom. The highest BCUT2D eigenvalue weighted by atomic mass is 16.1. The molecule has 0 radical (unpaired) electrons. The molecule has 0 saturated heterocycles. The van der Waals surface area contributed by atoms with Gasteiger partial charge in [0.15, 0.2) is 0 Å². The Hall–Kier alpha value is -2.09. The van der Waals surface area contributed by atoms with Crippen LogP contribution in [0.3, 0.4) is 0 Å². The average Bonchev–Trinajstić information content (AvgIpc) is 2.41. The van der Waals surface area contributed by atoms with Gasteiger partial charge in [0, 0.05) is 6.54 Å². The van der Waals surface area contributed by atoms with Crippen LogP contribution in [0, 0.1) is 6.92 Å². The standard InChI is InChI=1S/C17H19NO/c1-14-5-4-6-15(11-14)12-17-8-3-2-7-16(17)9-10-18-13-19/h2-8,11,13H,9-10,12H2,1H3,(H,18,19). The number of carbonyl (C=O) groups excluding carboxylic acids is 1. The molecule has 0 spiro atoms. The molecule has 0 atom stereocenters. The number of hydrogen-bond acceptors (Lipinski definition) is 1. The van der Waals surface area contributed by atoms with E-state index >= 15 is 0 Å². The van der Waals surface area contributed by atoms with Crippen molar-refractivity contribution in [2.24, 2.45) is 0 Å². The number of aryl methyl sites for hydroxylation is 1. The number of carbonyl (C=O) groups is 1. The highest BCUT2D eigenvalue weighted by Crippen LogP contribution is 2.15. The van der Waals surface area contributed by atoms with Gasteiger partial charge in [-0.2, -0.15) is 0 Å². The van der Waals surface area contributed by atoms with E-state index in [0.717, 1.165) is 19.3 Å². The van der Waals surface area contributed by atoms with Gasteiger partial charge in [0.05, 0.1) is 0 Å². The third-order valence-electron chi connectivity index (χ3n) is 3.22. The van der Waals surface area contributed by atoms with Crippen LogP contribution in [0.4, 0.5) is 0 Å². The molecule has 19 heavy (non-hydrogen) atoms. The molecule has 2 aromatic carbocycles. The predicted molar refractivity (Wildman–Crippen MR) is 78.2 cm³/mol. The van der Waals surface area contributed by atoms with Crippen molar-refractivity contribution in [3.8, 4) is 0 Å². The Bertz CT molecular complexity index is 548. The number of benzene rings is 2. The first-order chi connectivity index (χ1) is 9.29. The monoisotopic (exact) mass is 253 g/mol. The molecule has 0 bridgehead atoms. The Morgan fingerprint density at radius 2 is 1.84 bits per heavy atom. The third kappa shape index (κ3) is 3.95. The molecule has 2 aromatic rings. The molecule has 0 fully saturated rings. The van der Waals surface area contributed by atoms with Gasteiger partial charge in [-0.15, -0.1) is 0 Å². The Morgan fingerprint density at radius 1 is 1.05 bits per heavy atom. The maximum Gasteiger partial charge on any atom is 0.207 e. The van der Waals surface area contributed by atoms with Crippen molar-refractivity contribution in [1.82, 2.24) is 5.32 Å². The topological polar surface area (TPSA) is 29.1 Å². The van der Waals surface area contributed by atoms with E-state index in [1.54, 1.807) is 0 Å². The summed E-state index contributed by atoms with van der Waals surface area (Å²) in [5.41, 5.74) is 5.26. The quantitative estimate of drug-likeness (QED) is 0.622. The Kier molecular flexibility index (Phi) is 4.73. The van der Waals surface area contributed by atoms with E-state index in [1.165, 1.54) is 22.3 Å². The molecule has 0 heterocycles. The van der Waals surface area contributed by atoms with E-state index < -0.39 is 0 Å². The van der Waals surface area contributed by atoms with Crippen LogP contribution in [-0.2, 0) is 17.6 Å². The van der Waals surface area contributed by atoms with Crippen LogP contribution < -0.4 is 5.32 Å². The molecular formula is C17H19NO. The lowest BCUT2D eigenvalue weighted by molar-refractivity contribution is -0.109. The normalized spacial score (nSPS) is 10.2. The number of hydrogen-bond donors (Lipinski definition) is 1. The average molecular weight is 253 g/mol. The molecule has 2 rings (SSSR count). The van der Waals surface area contributed by atoms with Crippen molar-refractivity contribution in [3.05, 3.63) is 70.8 Å². The van der Waals surface area contributed by atoms with Crippen molar-refractivity contribution in [3.63, 3.8) is 0 Å². The fourth-order valence-corrected chi connectivity index (χ4v) is 2.28. The molecular weight excluding hydrogens is 234 g/mol. The van der Waals surface area contributed by atoms with Crippen molar-refractivity contribution in [1.29, 1.82) is 0 Å². The number of amides is 1. The molecule has 2 heteroatoms. The smallest absolute Gasteiger partial charge is 0.207 e. The van der Waals surface area contributed by atoms with Gasteiger partial charge in [-0.05, 0) is 36.5 Å². The second-order valence-electron chi connectivity index (χ2n) is 4.76. The van der Waals surface area contributed by atoms with Gasteiger partial charge >= 0.3 is 0 Å². The molecule has 1 amide bonds. The summed E-state index contributed by atoms with van der Waals surface area (Å²) in [4.78, 5) is 10.3. The van der Waals surface area contributed by atoms with E-state index in [2.05, 4.69) is 60.8 Å². The summed E-state index contributed by atoms with van der Waals surface area (Å²) < 4.78 is 0. The minimum atomic E-state index is 0.689. The molecule has 2 nitrogen and oxygen atoms in total. The zero-order valence-electron chi connectivity index (χ0n) is 11.2. The summed E-state index contributed by atoms with van der Waals surface area (Å²) in [5.74, 6) is 0. The van der Waals surface area contributed by atoms with Gasteiger partial charge in [-0.25, -0.2) is 0 Å². The van der Waals surface area contributed by atoms with Crippen LogP contribution in [0.15, 0.2) is 48.5 Å². The fraction of sp³-hybridized carbons (Fsp3) is 0.235. The zero-order chi connectivity index (χ0) is 13.5. The number of rotatable bonds is 6. The van der Waals surface area contributed by atoms with Crippen LogP contribution in [0.2, 0.25) is 0 Å². The minimum absolute atomic E-state index is 0.689. The van der Waals surface area contributed by atoms with Crippen LogP contribution >= 0.6 is 0 Å². The lowest BCUT2D eigenvalue weighted by atomic mass is 9.97. The Labute approximate surface area is 114 Å². The van der Waals surface area contributed by atoms with Crippen molar-refractivity contribution in [2.45, 2.75) is 19.8 Å². The summed E-state index contributed by atoms with van der Waals surface area (Å²) in [5, 5.41) is 2.72. The molecule has 0 aliphatic carbocycles. The zero-order valence-corrected chi connectivity index (χ0v) is 11.2. The summed E-state index contributed by atoms with van der Waals surface area (Å²) in [6.07, 6.45) is 2.57. The highest BCUT2D eigenvalue weighted by molar-refractivity contribution is 5.46. The first kappa shape index (κ1) is 13.3. The minimum Gasteiger partial charge on any atom is -0.358 e. The fourth-order valence-electron chi connectivity index (χ4n) is 2.28. The molecule has 98 valence electrons. The second-order valence-corrected chi connectivity index (χ2v) is 4.76. The van der Waals surface area contributed by atoms with Crippen molar-refractivity contribution >= 4 is 6.41 Å². The molecule has 0 saturated carbocycles. The van der Waals surface area contributed by atoms with Crippen LogP contribution in [0.25, 0.3) is 0 Å². The summed E-state index contributed by atoms with van der Waals surface area (Å²) >= 11 is 0. The molecule has 0 aliphatic rings. The lowest BCUT2D eigenvalue weighted by Crippen LogP contribution is -2.15. The first-order valence-corrected chi connectivity index (χ1v) is 6.59. The summed E-state index contributed by atoms with van der Waals surface area (Å²) in [6, 6.07) is 17.0. The summed E-state index contributed by atoms with van der Waals surface area (Å²) in [6.45, 7) is 2.80. The first-order valence-electron chi connectivity index (χ1n) is 6.59. The maximum absolute atomic E-state index is 10.3. The maximum atomic E-state index is 10.3. The summed E-state index contributed by atoms with van der Waals surface area (Å²) in [7, 11) is 0. The van der Waals surface area contributed by atoms with Crippen LogP contribution in [0.5, 0.6) is 0 Å².